The van der Waals surface area contributed by atoms with Gasteiger partial charge in [0.15, 0.2) is 9.84 Å². The van der Waals surface area contributed by atoms with Crippen molar-refractivity contribution in [2.45, 2.75) is 25.1 Å². The molecule has 0 radical (unpaired) electrons. The molecule has 0 aliphatic rings. The number of ether oxygens (including phenoxy) is 1. The lowest BCUT2D eigenvalue weighted by Gasteiger charge is -2.20. The molecule has 0 heterocycles. The van der Waals surface area contributed by atoms with Crippen molar-refractivity contribution >= 4 is 9.84 Å². The van der Waals surface area contributed by atoms with Crippen molar-refractivity contribution in [3.63, 3.8) is 0 Å². The molecule has 4 nitrogen and oxygen atoms in total. The summed E-state index contributed by atoms with van der Waals surface area (Å²) >= 11 is 0. The third-order valence-electron chi connectivity index (χ3n) is 2.95. The Morgan fingerprint density at radius 2 is 2.06 bits per heavy atom. The number of hydrogen-bond donors (Lipinski definition) is 1. The summed E-state index contributed by atoms with van der Waals surface area (Å²) in [5, 5.41) is -0.598. The average Bonchev–Trinajstić information content (AvgIpc) is 2.37. The van der Waals surface area contributed by atoms with Crippen LogP contribution in [0.5, 0.6) is 5.75 Å². The number of rotatable bonds is 5. The van der Waals surface area contributed by atoms with Crippen LogP contribution in [0.1, 0.15) is 25.5 Å². The fourth-order valence-electron chi connectivity index (χ4n) is 1.61. The quantitative estimate of drug-likeness (QED) is 0.868. The van der Waals surface area contributed by atoms with Gasteiger partial charge in [-0.3, -0.25) is 0 Å². The Labute approximate surface area is 103 Å². The maximum absolute atomic E-state index is 11.8. The van der Waals surface area contributed by atoms with E-state index in [1.165, 1.54) is 0 Å². The second kappa shape index (κ2) is 5.51. The molecule has 2 N–H and O–H groups in total. The lowest BCUT2D eigenvalue weighted by molar-refractivity contribution is 0.413. The van der Waals surface area contributed by atoms with Crippen LogP contribution >= 0.6 is 0 Å². The molecule has 17 heavy (non-hydrogen) atoms. The van der Waals surface area contributed by atoms with E-state index in [9.17, 15) is 8.42 Å². The van der Waals surface area contributed by atoms with Gasteiger partial charge in [0, 0.05) is 11.8 Å². The molecule has 2 atom stereocenters. The third-order valence-corrected chi connectivity index (χ3v) is 5.18. The molecule has 1 aromatic rings. The molecule has 1 aromatic carbocycles. The normalized spacial score (nSPS) is 15.3. The maximum Gasteiger partial charge on any atom is 0.154 e. The highest BCUT2D eigenvalue weighted by molar-refractivity contribution is 7.92. The Balaban J connectivity index is 3.00. The van der Waals surface area contributed by atoms with E-state index in [1.807, 2.05) is 6.07 Å². The Kier molecular flexibility index (Phi) is 4.54. The summed E-state index contributed by atoms with van der Waals surface area (Å²) < 4.78 is 28.6. The Hall–Kier alpha value is -1.07. The molecular formula is C12H19NO3S. The molecule has 0 aromatic heterocycles. The van der Waals surface area contributed by atoms with Crippen molar-refractivity contribution in [1.29, 1.82) is 0 Å². The van der Waals surface area contributed by atoms with Crippen molar-refractivity contribution in [1.82, 2.24) is 0 Å². The zero-order valence-electron chi connectivity index (χ0n) is 10.4. The molecule has 1 rings (SSSR count). The summed E-state index contributed by atoms with van der Waals surface area (Å²) in [7, 11) is -1.56. The summed E-state index contributed by atoms with van der Waals surface area (Å²) in [6.45, 7) is 3.27. The minimum absolute atomic E-state index is 0.103. The van der Waals surface area contributed by atoms with Gasteiger partial charge in [0.05, 0.1) is 12.4 Å². The molecule has 0 fully saturated rings. The number of methoxy groups -OCH3 is 1. The summed E-state index contributed by atoms with van der Waals surface area (Å²) in [6, 6.07) is 6.66. The van der Waals surface area contributed by atoms with Crippen LogP contribution in [0.2, 0.25) is 0 Å². The molecule has 2 unspecified atom stereocenters. The van der Waals surface area contributed by atoms with Crippen molar-refractivity contribution in [3.8, 4) is 5.75 Å². The standard InChI is InChI=1S/C12H19NO3S/c1-4-17(14,15)9(2)12(13)10-6-5-7-11(8-10)16-3/h5-9,12H,4,13H2,1-3H3. The first-order valence-electron chi connectivity index (χ1n) is 5.53. The predicted octanol–water partition coefficient (Wildman–Crippen LogP) is 1.52. The van der Waals surface area contributed by atoms with Gasteiger partial charge in [-0.05, 0) is 24.6 Å². The number of benzene rings is 1. The van der Waals surface area contributed by atoms with Crippen LogP contribution < -0.4 is 10.5 Å². The van der Waals surface area contributed by atoms with E-state index in [2.05, 4.69) is 0 Å². The smallest absolute Gasteiger partial charge is 0.154 e. The first-order valence-corrected chi connectivity index (χ1v) is 7.25. The van der Waals surface area contributed by atoms with Gasteiger partial charge in [0.2, 0.25) is 0 Å². The van der Waals surface area contributed by atoms with E-state index in [0.29, 0.717) is 5.75 Å². The van der Waals surface area contributed by atoms with Crippen LogP contribution in [-0.2, 0) is 9.84 Å². The fourth-order valence-corrected chi connectivity index (χ4v) is 2.74. The van der Waals surface area contributed by atoms with Crippen molar-refractivity contribution in [3.05, 3.63) is 29.8 Å². The number of sulfone groups is 1. The second-order valence-electron chi connectivity index (χ2n) is 3.96. The number of nitrogens with two attached hydrogens (primary N) is 1. The first-order chi connectivity index (χ1) is 7.92. The van der Waals surface area contributed by atoms with Crippen LogP contribution in [-0.4, -0.2) is 26.5 Å². The van der Waals surface area contributed by atoms with Gasteiger partial charge in [-0.1, -0.05) is 19.1 Å². The highest BCUT2D eigenvalue weighted by Crippen LogP contribution is 2.23. The van der Waals surface area contributed by atoms with Gasteiger partial charge in [-0.25, -0.2) is 8.42 Å². The van der Waals surface area contributed by atoms with Gasteiger partial charge in [-0.15, -0.1) is 0 Å². The summed E-state index contributed by atoms with van der Waals surface area (Å²) in [4.78, 5) is 0. The van der Waals surface area contributed by atoms with E-state index >= 15 is 0 Å². The van der Waals surface area contributed by atoms with Gasteiger partial charge >= 0.3 is 0 Å². The molecule has 0 saturated heterocycles. The van der Waals surface area contributed by atoms with Crippen LogP contribution in [0.25, 0.3) is 0 Å². The van der Waals surface area contributed by atoms with Gasteiger partial charge in [0.1, 0.15) is 5.75 Å². The average molecular weight is 257 g/mol. The van der Waals surface area contributed by atoms with Crippen LogP contribution in [0.15, 0.2) is 24.3 Å². The summed E-state index contributed by atoms with van der Waals surface area (Å²) in [6.07, 6.45) is 0. The largest absolute Gasteiger partial charge is 0.497 e. The Morgan fingerprint density at radius 1 is 1.41 bits per heavy atom. The third kappa shape index (κ3) is 3.20. The summed E-state index contributed by atoms with van der Waals surface area (Å²) in [5.74, 6) is 0.783. The van der Waals surface area contributed by atoms with E-state index in [-0.39, 0.29) is 5.75 Å². The van der Waals surface area contributed by atoms with Gasteiger partial charge in [0.25, 0.3) is 0 Å². The monoisotopic (exact) mass is 257 g/mol. The maximum atomic E-state index is 11.8. The molecule has 5 heteroatoms. The molecule has 0 aliphatic carbocycles. The fraction of sp³-hybridized carbons (Fsp3) is 0.500. The highest BCUT2D eigenvalue weighted by atomic mass is 32.2. The Morgan fingerprint density at radius 3 is 2.59 bits per heavy atom. The molecule has 0 aliphatic heterocycles. The number of hydrogen-bond acceptors (Lipinski definition) is 4. The lowest BCUT2D eigenvalue weighted by atomic mass is 10.1. The van der Waals surface area contributed by atoms with Crippen molar-refractivity contribution < 1.29 is 13.2 Å². The zero-order valence-corrected chi connectivity index (χ0v) is 11.2. The van der Waals surface area contributed by atoms with Crippen LogP contribution in [0.4, 0.5) is 0 Å². The molecule has 0 amide bonds. The predicted molar refractivity (Wildman–Crippen MR) is 68.8 cm³/mol. The van der Waals surface area contributed by atoms with Gasteiger partial charge < -0.3 is 10.5 Å². The van der Waals surface area contributed by atoms with E-state index in [0.717, 1.165) is 5.56 Å². The molecule has 0 bridgehead atoms. The van der Waals surface area contributed by atoms with Crippen molar-refractivity contribution in [2.75, 3.05) is 12.9 Å². The first kappa shape index (κ1) is 14.0. The topological polar surface area (TPSA) is 69.4 Å². The second-order valence-corrected chi connectivity index (χ2v) is 6.61. The van der Waals surface area contributed by atoms with E-state index in [4.69, 9.17) is 10.5 Å². The SMILES string of the molecule is CCS(=O)(=O)C(C)C(N)c1cccc(OC)c1. The molecule has 0 saturated carbocycles. The zero-order chi connectivity index (χ0) is 13.1. The van der Waals surface area contributed by atoms with Gasteiger partial charge in [-0.2, -0.15) is 0 Å². The highest BCUT2D eigenvalue weighted by Gasteiger charge is 2.26. The van der Waals surface area contributed by atoms with Crippen molar-refractivity contribution in [2.24, 2.45) is 5.73 Å². The van der Waals surface area contributed by atoms with Crippen LogP contribution in [0.3, 0.4) is 0 Å². The van der Waals surface area contributed by atoms with E-state index < -0.39 is 21.1 Å². The Bertz CT molecular complexity index is 470. The minimum Gasteiger partial charge on any atom is -0.497 e. The van der Waals surface area contributed by atoms with Crippen LogP contribution in [0, 0.1) is 0 Å². The summed E-state index contributed by atoms with van der Waals surface area (Å²) in [5.41, 5.74) is 6.76. The minimum atomic E-state index is -3.13. The lowest BCUT2D eigenvalue weighted by Crippen LogP contribution is -2.32. The molecular weight excluding hydrogens is 238 g/mol. The molecule has 96 valence electrons. The molecule has 0 spiro atoms. The van der Waals surface area contributed by atoms with E-state index in [1.54, 1.807) is 39.2 Å².